The molecule has 1 aliphatic carbocycles. The van der Waals surface area contributed by atoms with Crippen LogP contribution in [0.2, 0.25) is 0 Å². The maximum Gasteiger partial charge on any atom is 0.227 e. The second-order valence-electron chi connectivity index (χ2n) is 11.8. The first-order valence-corrected chi connectivity index (χ1v) is 13.1. The summed E-state index contributed by atoms with van der Waals surface area (Å²) in [4.78, 5) is 29.2. The predicted octanol–water partition coefficient (Wildman–Crippen LogP) is 4.91. The third kappa shape index (κ3) is 5.45. The van der Waals surface area contributed by atoms with Crippen LogP contribution in [0.25, 0.3) is 0 Å². The van der Waals surface area contributed by atoms with Gasteiger partial charge < -0.3 is 15.1 Å². The number of hydrogen-bond acceptors (Lipinski definition) is 3. The summed E-state index contributed by atoms with van der Waals surface area (Å²) in [6.07, 6.45) is 8.20. The van der Waals surface area contributed by atoms with Crippen LogP contribution in [0.5, 0.6) is 0 Å². The van der Waals surface area contributed by atoms with Gasteiger partial charge in [-0.1, -0.05) is 45.0 Å². The van der Waals surface area contributed by atoms with Crippen molar-refractivity contribution in [1.82, 2.24) is 15.1 Å². The summed E-state index contributed by atoms with van der Waals surface area (Å²) in [6.45, 7) is 13.0. The minimum atomic E-state index is -0.279. The van der Waals surface area contributed by atoms with Crippen LogP contribution in [0.1, 0.15) is 91.2 Å². The molecule has 0 bridgehead atoms. The van der Waals surface area contributed by atoms with E-state index in [1.54, 1.807) is 6.92 Å². The lowest BCUT2D eigenvalue weighted by Crippen LogP contribution is -2.47. The van der Waals surface area contributed by atoms with Crippen LogP contribution in [-0.2, 0) is 15.0 Å². The molecule has 184 valence electrons. The third-order valence-corrected chi connectivity index (χ3v) is 8.31. The van der Waals surface area contributed by atoms with Gasteiger partial charge in [0.25, 0.3) is 0 Å². The van der Waals surface area contributed by atoms with E-state index < -0.39 is 0 Å². The predicted molar refractivity (Wildman–Crippen MR) is 135 cm³/mol. The zero-order valence-electron chi connectivity index (χ0n) is 21.2. The van der Waals surface area contributed by atoms with Gasteiger partial charge in [-0.3, -0.25) is 9.59 Å². The summed E-state index contributed by atoms with van der Waals surface area (Å²) in [5, 5.41) is 3.17. The first kappa shape index (κ1) is 24.3. The van der Waals surface area contributed by atoms with E-state index in [9.17, 15) is 9.59 Å². The summed E-state index contributed by atoms with van der Waals surface area (Å²) in [6, 6.07) is 8.96. The SMILES string of the molecule is CC(=O)NC1CCC2(CCN(CCC3CCCN(C(=O)C(C)(C)C)C3)CC2)c2ccccc21.[HH]. The highest BCUT2D eigenvalue weighted by atomic mass is 16.2. The van der Waals surface area contributed by atoms with Gasteiger partial charge >= 0.3 is 0 Å². The molecule has 1 aromatic carbocycles. The van der Waals surface area contributed by atoms with E-state index in [0.29, 0.717) is 11.8 Å². The Morgan fingerprint density at radius 3 is 2.52 bits per heavy atom. The van der Waals surface area contributed by atoms with Gasteiger partial charge in [0, 0.05) is 26.9 Å². The number of nitrogens with zero attached hydrogens (tertiary/aromatic N) is 2. The lowest BCUT2D eigenvalue weighted by molar-refractivity contribution is -0.141. The van der Waals surface area contributed by atoms with Crippen LogP contribution < -0.4 is 5.32 Å². The van der Waals surface area contributed by atoms with Gasteiger partial charge in [0.1, 0.15) is 0 Å². The summed E-state index contributed by atoms with van der Waals surface area (Å²) in [7, 11) is 0. The molecule has 4 rings (SSSR count). The van der Waals surface area contributed by atoms with Crippen molar-refractivity contribution in [1.29, 1.82) is 0 Å². The largest absolute Gasteiger partial charge is 0.350 e. The quantitative estimate of drug-likeness (QED) is 0.702. The van der Waals surface area contributed by atoms with Crippen molar-refractivity contribution in [2.24, 2.45) is 11.3 Å². The molecule has 0 radical (unpaired) electrons. The molecule has 2 amide bonds. The van der Waals surface area contributed by atoms with Crippen molar-refractivity contribution in [2.75, 3.05) is 32.7 Å². The van der Waals surface area contributed by atoms with Crippen LogP contribution in [0.15, 0.2) is 24.3 Å². The molecule has 1 aromatic rings. The lowest BCUT2D eigenvalue weighted by Gasteiger charge is -2.47. The fourth-order valence-electron chi connectivity index (χ4n) is 6.44. The summed E-state index contributed by atoms with van der Waals surface area (Å²) < 4.78 is 0. The van der Waals surface area contributed by atoms with E-state index in [1.165, 1.54) is 36.8 Å². The van der Waals surface area contributed by atoms with Gasteiger partial charge in [-0.05, 0) is 87.0 Å². The van der Waals surface area contributed by atoms with Crippen molar-refractivity contribution in [3.8, 4) is 0 Å². The Morgan fingerprint density at radius 1 is 1.09 bits per heavy atom. The monoisotopic (exact) mass is 455 g/mol. The topological polar surface area (TPSA) is 52.7 Å². The van der Waals surface area contributed by atoms with Crippen molar-refractivity contribution in [3.63, 3.8) is 0 Å². The van der Waals surface area contributed by atoms with Crippen molar-refractivity contribution >= 4 is 11.8 Å². The number of piperidine rings is 2. The van der Waals surface area contributed by atoms with Crippen LogP contribution >= 0.6 is 0 Å². The molecule has 5 nitrogen and oxygen atoms in total. The molecule has 2 heterocycles. The molecule has 1 N–H and O–H groups in total. The molecule has 33 heavy (non-hydrogen) atoms. The molecule has 0 aromatic heterocycles. The Hall–Kier alpha value is -1.88. The zero-order chi connectivity index (χ0) is 23.6. The molecule has 2 atom stereocenters. The number of rotatable bonds is 4. The Labute approximate surface area is 201 Å². The number of nitrogens with one attached hydrogen (secondary N) is 1. The van der Waals surface area contributed by atoms with Gasteiger partial charge in [0.15, 0.2) is 0 Å². The standard InChI is InChI=1S/C28H43N3O2.H2/c1-21(32)29-25-11-13-28(24-10-6-5-9-23(24)25)14-18-30(19-15-28)17-12-22-8-7-16-31(20-22)26(33)27(2,3)4;/h5-6,9-10,22,25H,7-8,11-20H2,1-4H3,(H,29,32);1H. The van der Waals surface area contributed by atoms with E-state index in [1.807, 2.05) is 20.8 Å². The number of amides is 2. The summed E-state index contributed by atoms with van der Waals surface area (Å²) in [5.74, 6) is 1.00. The van der Waals surface area contributed by atoms with Gasteiger partial charge in [-0.2, -0.15) is 0 Å². The van der Waals surface area contributed by atoms with E-state index in [2.05, 4.69) is 39.4 Å². The van der Waals surface area contributed by atoms with Crippen molar-refractivity contribution < 1.29 is 11.0 Å². The number of fused-ring (bicyclic) bond motifs is 2. The van der Waals surface area contributed by atoms with Gasteiger partial charge in [0.05, 0.1) is 6.04 Å². The summed E-state index contributed by atoms with van der Waals surface area (Å²) >= 11 is 0. The number of likely N-dealkylation sites (tertiary alicyclic amines) is 2. The number of benzene rings is 1. The fraction of sp³-hybridized carbons (Fsp3) is 0.714. The third-order valence-electron chi connectivity index (χ3n) is 8.31. The number of carbonyl (C=O) groups is 2. The average molecular weight is 456 g/mol. The molecule has 5 heteroatoms. The van der Waals surface area contributed by atoms with Gasteiger partial charge in [-0.15, -0.1) is 0 Å². The van der Waals surface area contributed by atoms with Gasteiger partial charge in [-0.25, -0.2) is 0 Å². The lowest BCUT2D eigenvalue weighted by atomic mass is 9.63. The van der Waals surface area contributed by atoms with E-state index in [4.69, 9.17) is 0 Å². The van der Waals surface area contributed by atoms with Crippen LogP contribution in [0, 0.1) is 11.3 Å². The van der Waals surface area contributed by atoms with Crippen molar-refractivity contribution in [2.45, 2.75) is 84.1 Å². The Kier molecular flexibility index (Phi) is 7.18. The van der Waals surface area contributed by atoms with Crippen LogP contribution in [-0.4, -0.2) is 54.3 Å². The Bertz CT molecular complexity index is 857. The molecular weight excluding hydrogens is 410 g/mol. The second kappa shape index (κ2) is 9.77. The van der Waals surface area contributed by atoms with Crippen LogP contribution in [0.3, 0.4) is 0 Å². The Morgan fingerprint density at radius 2 is 1.82 bits per heavy atom. The number of hydrogen-bond donors (Lipinski definition) is 1. The molecule has 2 aliphatic heterocycles. The highest BCUT2D eigenvalue weighted by Gasteiger charge is 2.42. The summed E-state index contributed by atoms with van der Waals surface area (Å²) in [5.41, 5.74) is 2.79. The fourth-order valence-corrected chi connectivity index (χ4v) is 6.44. The minimum Gasteiger partial charge on any atom is -0.350 e. The van der Waals surface area contributed by atoms with E-state index in [-0.39, 0.29) is 24.2 Å². The first-order valence-electron chi connectivity index (χ1n) is 13.1. The second-order valence-corrected chi connectivity index (χ2v) is 11.8. The smallest absolute Gasteiger partial charge is 0.227 e. The molecule has 2 fully saturated rings. The normalized spacial score (nSPS) is 25.5. The van der Waals surface area contributed by atoms with E-state index >= 15 is 0 Å². The number of carbonyl (C=O) groups excluding carboxylic acids is 2. The Balaban J connectivity index is 0.00000324. The first-order chi connectivity index (χ1) is 15.7. The molecule has 2 unspecified atom stereocenters. The van der Waals surface area contributed by atoms with Crippen LogP contribution in [0.4, 0.5) is 0 Å². The zero-order valence-corrected chi connectivity index (χ0v) is 21.2. The molecule has 2 saturated heterocycles. The molecule has 1 spiro atoms. The van der Waals surface area contributed by atoms with Crippen molar-refractivity contribution in [3.05, 3.63) is 35.4 Å². The maximum absolute atomic E-state index is 12.7. The highest BCUT2D eigenvalue weighted by Crippen LogP contribution is 2.48. The average Bonchev–Trinajstić information content (AvgIpc) is 2.80. The highest BCUT2D eigenvalue weighted by molar-refractivity contribution is 5.81. The maximum atomic E-state index is 12.7. The van der Waals surface area contributed by atoms with Gasteiger partial charge in [0.2, 0.25) is 11.8 Å². The molecule has 3 aliphatic rings. The van der Waals surface area contributed by atoms with E-state index in [0.717, 1.165) is 52.0 Å². The molecule has 0 saturated carbocycles. The minimum absolute atomic E-state index is 0. The molecular formula is C28H45N3O2.